The normalized spacial score (nSPS) is 38.7. The Labute approximate surface area is 78.8 Å². The van der Waals surface area contributed by atoms with Crippen LogP contribution in [0.15, 0.2) is 0 Å². The van der Waals surface area contributed by atoms with E-state index < -0.39 is 0 Å². The summed E-state index contributed by atoms with van der Waals surface area (Å²) in [7, 11) is 0. The average molecular weight is 183 g/mol. The highest BCUT2D eigenvalue weighted by Crippen LogP contribution is 2.30. The smallest absolute Gasteiger partial charge is 0.149 e. The van der Waals surface area contributed by atoms with Crippen LogP contribution in [0.4, 0.5) is 0 Å². The molecule has 0 aromatic heterocycles. The van der Waals surface area contributed by atoms with Crippen LogP contribution < -0.4 is 5.32 Å². The Kier molecular flexibility index (Phi) is 2.65. The highest BCUT2D eigenvalue weighted by molar-refractivity contribution is 5.84. The van der Waals surface area contributed by atoms with E-state index in [0.29, 0.717) is 24.0 Å². The number of ketones is 1. The molecule has 3 nitrogen and oxygen atoms in total. The minimum Gasteiger partial charge on any atom is -0.381 e. The van der Waals surface area contributed by atoms with Crippen LogP contribution in [0.2, 0.25) is 0 Å². The van der Waals surface area contributed by atoms with Crippen LogP contribution in [0, 0.1) is 11.8 Å². The number of hydrogen-bond acceptors (Lipinski definition) is 3. The SMILES string of the molecule is CCC(=O)C1NCC2COCCC21. The molecule has 0 spiro atoms. The first-order chi connectivity index (χ1) is 6.33. The van der Waals surface area contributed by atoms with Gasteiger partial charge in [0.25, 0.3) is 0 Å². The Morgan fingerprint density at radius 2 is 2.46 bits per heavy atom. The topological polar surface area (TPSA) is 38.3 Å². The molecule has 2 heterocycles. The van der Waals surface area contributed by atoms with Gasteiger partial charge in [-0.3, -0.25) is 4.79 Å². The molecule has 0 aromatic carbocycles. The van der Waals surface area contributed by atoms with Gasteiger partial charge in [0.1, 0.15) is 5.78 Å². The van der Waals surface area contributed by atoms with E-state index in [1.807, 2.05) is 6.92 Å². The largest absolute Gasteiger partial charge is 0.381 e. The molecule has 3 heteroatoms. The molecule has 3 atom stereocenters. The van der Waals surface area contributed by atoms with Crippen molar-refractivity contribution in [3.8, 4) is 0 Å². The second-order valence-corrected chi connectivity index (χ2v) is 3.99. The lowest BCUT2D eigenvalue weighted by molar-refractivity contribution is -0.122. The van der Waals surface area contributed by atoms with Gasteiger partial charge in [0.15, 0.2) is 0 Å². The minimum atomic E-state index is 0.124. The molecule has 1 N–H and O–H groups in total. The number of hydrogen-bond donors (Lipinski definition) is 1. The Hall–Kier alpha value is -0.410. The van der Waals surface area contributed by atoms with Crippen molar-refractivity contribution < 1.29 is 9.53 Å². The van der Waals surface area contributed by atoms with Gasteiger partial charge in [-0.15, -0.1) is 0 Å². The van der Waals surface area contributed by atoms with Crippen LogP contribution in [-0.2, 0) is 9.53 Å². The van der Waals surface area contributed by atoms with E-state index in [1.54, 1.807) is 0 Å². The van der Waals surface area contributed by atoms with E-state index >= 15 is 0 Å². The molecule has 0 bridgehead atoms. The summed E-state index contributed by atoms with van der Waals surface area (Å²) in [4.78, 5) is 11.6. The zero-order chi connectivity index (χ0) is 9.26. The summed E-state index contributed by atoms with van der Waals surface area (Å²) >= 11 is 0. The second-order valence-electron chi connectivity index (χ2n) is 3.99. The van der Waals surface area contributed by atoms with E-state index in [4.69, 9.17) is 4.74 Å². The van der Waals surface area contributed by atoms with Gasteiger partial charge in [0, 0.05) is 19.6 Å². The van der Waals surface area contributed by atoms with Gasteiger partial charge < -0.3 is 10.1 Å². The maximum Gasteiger partial charge on any atom is 0.149 e. The Morgan fingerprint density at radius 1 is 1.62 bits per heavy atom. The van der Waals surface area contributed by atoms with Crippen molar-refractivity contribution in [3.63, 3.8) is 0 Å². The molecule has 0 saturated carbocycles. The van der Waals surface area contributed by atoms with Crippen LogP contribution in [0.3, 0.4) is 0 Å². The minimum absolute atomic E-state index is 0.124. The first-order valence-electron chi connectivity index (χ1n) is 5.16. The number of fused-ring (bicyclic) bond motifs is 1. The van der Waals surface area contributed by atoms with E-state index in [2.05, 4.69) is 5.32 Å². The van der Waals surface area contributed by atoms with Crippen molar-refractivity contribution >= 4 is 5.78 Å². The highest BCUT2D eigenvalue weighted by atomic mass is 16.5. The third-order valence-electron chi connectivity index (χ3n) is 3.26. The molecule has 0 radical (unpaired) electrons. The number of ether oxygens (including phenoxy) is 1. The first kappa shape index (κ1) is 9.16. The molecule has 0 aromatic rings. The van der Waals surface area contributed by atoms with E-state index in [9.17, 15) is 4.79 Å². The van der Waals surface area contributed by atoms with Crippen LogP contribution >= 0.6 is 0 Å². The summed E-state index contributed by atoms with van der Waals surface area (Å²) in [6.45, 7) is 4.57. The van der Waals surface area contributed by atoms with Crippen molar-refractivity contribution in [2.24, 2.45) is 11.8 Å². The van der Waals surface area contributed by atoms with Crippen molar-refractivity contribution in [1.82, 2.24) is 5.32 Å². The molecule has 2 aliphatic heterocycles. The number of carbonyl (C=O) groups excluding carboxylic acids is 1. The molecular weight excluding hydrogens is 166 g/mol. The fourth-order valence-corrected chi connectivity index (χ4v) is 2.46. The standard InChI is InChI=1S/C10H17NO2/c1-2-9(12)10-8-3-4-13-6-7(8)5-11-10/h7-8,10-11H,2-6H2,1H3. The fraction of sp³-hybridized carbons (Fsp3) is 0.900. The fourth-order valence-electron chi connectivity index (χ4n) is 2.46. The van der Waals surface area contributed by atoms with E-state index in [-0.39, 0.29) is 6.04 Å². The maximum atomic E-state index is 11.6. The lowest BCUT2D eigenvalue weighted by atomic mass is 9.85. The number of nitrogens with one attached hydrogen (secondary N) is 1. The van der Waals surface area contributed by atoms with E-state index in [0.717, 1.165) is 26.2 Å². The molecule has 2 rings (SSSR count). The van der Waals surface area contributed by atoms with Gasteiger partial charge in [0.05, 0.1) is 12.6 Å². The zero-order valence-electron chi connectivity index (χ0n) is 8.08. The van der Waals surface area contributed by atoms with Gasteiger partial charge in [0.2, 0.25) is 0 Å². The predicted octanol–water partition coefficient (Wildman–Crippen LogP) is 0.590. The molecule has 13 heavy (non-hydrogen) atoms. The van der Waals surface area contributed by atoms with Crippen molar-refractivity contribution in [1.29, 1.82) is 0 Å². The van der Waals surface area contributed by atoms with Gasteiger partial charge >= 0.3 is 0 Å². The Bertz CT molecular complexity index is 205. The second kappa shape index (κ2) is 3.76. The van der Waals surface area contributed by atoms with Gasteiger partial charge in [-0.05, 0) is 18.3 Å². The number of rotatable bonds is 2. The predicted molar refractivity (Wildman–Crippen MR) is 49.5 cm³/mol. The summed E-state index contributed by atoms with van der Waals surface area (Å²) in [6.07, 6.45) is 1.70. The van der Waals surface area contributed by atoms with Crippen LogP contribution in [-0.4, -0.2) is 31.6 Å². The average Bonchev–Trinajstić information content (AvgIpc) is 2.60. The summed E-state index contributed by atoms with van der Waals surface area (Å²) in [5, 5.41) is 3.32. The molecule has 2 aliphatic rings. The Balaban J connectivity index is 2.02. The number of carbonyl (C=O) groups is 1. The van der Waals surface area contributed by atoms with Crippen molar-refractivity contribution in [2.75, 3.05) is 19.8 Å². The quantitative estimate of drug-likeness (QED) is 0.681. The van der Waals surface area contributed by atoms with Crippen molar-refractivity contribution in [3.05, 3.63) is 0 Å². The van der Waals surface area contributed by atoms with Crippen LogP contribution in [0.1, 0.15) is 19.8 Å². The summed E-state index contributed by atoms with van der Waals surface area (Å²) in [5.74, 6) is 1.49. The van der Waals surface area contributed by atoms with Gasteiger partial charge in [-0.2, -0.15) is 0 Å². The first-order valence-corrected chi connectivity index (χ1v) is 5.16. The van der Waals surface area contributed by atoms with E-state index in [1.165, 1.54) is 0 Å². The maximum absolute atomic E-state index is 11.6. The Morgan fingerprint density at radius 3 is 3.23 bits per heavy atom. The monoisotopic (exact) mass is 183 g/mol. The summed E-state index contributed by atoms with van der Waals surface area (Å²) < 4.78 is 5.39. The third kappa shape index (κ3) is 1.63. The molecule has 74 valence electrons. The summed E-state index contributed by atoms with van der Waals surface area (Å²) in [6, 6.07) is 0.124. The van der Waals surface area contributed by atoms with Crippen molar-refractivity contribution in [2.45, 2.75) is 25.8 Å². The number of Topliss-reactive ketones (excluding diaryl/α,β-unsaturated/α-hetero) is 1. The highest BCUT2D eigenvalue weighted by Gasteiger charge is 2.40. The molecule has 2 saturated heterocycles. The molecule has 0 aliphatic carbocycles. The molecular formula is C10H17NO2. The molecule has 3 unspecified atom stereocenters. The molecule has 0 amide bonds. The lowest BCUT2D eigenvalue weighted by Crippen LogP contribution is -2.37. The lowest BCUT2D eigenvalue weighted by Gasteiger charge is -2.27. The van der Waals surface area contributed by atoms with Gasteiger partial charge in [-0.25, -0.2) is 0 Å². The zero-order valence-corrected chi connectivity index (χ0v) is 8.08. The van der Waals surface area contributed by atoms with Gasteiger partial charge in [-0.1, -0.05) is 6.92 Å². The van der Waals surface area contributed by atoms with Crippen LogP contribution in [0.5, 0.6) is 0 Å². The molecule has 2 fully saturated rings. The third-order valence-corrected chi connectivity index (χ3v) is 3.26. The van der Waals surface area contributed by atoms with Crippen LogP contribution in [0.25, 0.3) is 0 Å². The summed E-state index contributed by atoms with van der Waals surface area (Å²) in [5.41, 5.74) is 0.